The van der Waals surface area contributed by atoms with Crippen LogP contribution in [0.4, 0.5) is 4.39 Å². The molecule has 2 nitrogen and oxygen atoms in total. The molecule has 0 spiro atoms. The Morgan fingerprint density at radius 1 is 1.55 bits per heavy atom. The summed E-state index contributed by atoms with van der Waals surface area (Å²) in [7, 11) is 0. The Balaban J connectivity index is 2.32. The third-order valence-corrected chi connectivity index (χ3v) is 4.30. The maximum absolute atomic E-state index is 13.5. The summed E-state index contributed by atoms with van der Waals surface area (Å²) in [5.74, 6) is -0.568. The molecular formula is C17H21FO2. The highest BCUT2D eigenvalue weighted by molar-refractivity contribution is 5.87. The average molecular weight is 276 g/mol. The van der Waals surface area contributed by atoms with Gasteiger partial charge in [0, 0.05) is 11.5 Å². The lowest BCUT2D eigenvalue weighted by molar-refractivity contribution is -0.156. The molecule has 2 unspecified atom stereocenters. The number of aryl methyl sites for hydroxylation is 1. The van der Waals surface area contributed by atoms with Crippen molar-refractivity contribution in [3.05, 3.63) is 47.3 Å². The lowest BCUT2D eigenvalue weighted by Crippen LogP contribution is -2.37. The van der Waals surface area contributed by atoms with Gasteiger partial charge in [-0.3, -0.25) is 0 Å². The van der Waals surface area contributed by atoms with Crippen LogP contribution in [0.25, 0.3) is 0 Å². The van der Waals surface area contributed by atoms with Crippen LogP contribution in [-0.4, -0.2) is 11.6 Å². The Kier molecular flexibility index (Phi) is 3.98. The molecule has 1 aliphatic rings. The third kappa shape index (κ3) is 2.62. The third-order valence-electron chi connectivity index (χ3n) is 4.30. The molecule has 1 aromatic carbocycles. The molecule has 0 radical (unpaired) electrons. The van der Waals surface area contributed by atoms with Crippen LogP contribution in [0, 0.1) is 5.82 Å². The molecule has 0 heterocycles. The summed E-state index contributed by atoms with van der Waals surface area (Å²) in [4.78, 5) is 11.9. The van der Waals surface area contributed by atoms with Gasteiger partial charge in [0.15, 0.2) is 0 Å². The molecule has 1 aromatic rings. The van der Waals surface area contributed by atoms with Crippen molar-refractivity contribution in [2.45, 2.75) is 51.6 Å². The van der Waals surface area contributed by atoms with Gasteiger partial charge in [-0.05, 0) is 56.4 Å². The zero-order valence-electron chi connectivity index (χ0n) is 12.3. The quantitative estimate of drug-likeness (QED) is 0.610. The van der Waals surface area contributed by atoms with Crippen molar-refractivity contribution in [1.29, 1.82) is 0 Å². The Morgan fingerprint density at radius 3 is 2.85 bits per heavy atom. The van der Waals surface area contributed by atoms with E-state index in [1.165, 1.54) is 6.07 Å². The second-order valence-corrected chi connectivity index (χ2v) is 5.77. The Labute approximate surface area is 119 Å². The topological polar surface area (TPSA) is 26.3 Å². The molecule has 0 aromatic heterocycles. The molecular weight excluding hydrogens is 255 g/mol. The van der Waals surface area contributed by atoms with Gasteiger partial charge in [0.2, 0.25) is 0 Å². The van der Waals surface area contributed by atoms with Crippen LogP contribution in [0.5, 0.6) is 0 Å². The minimum atomic E-state index is -0.616. The van der Waals surface area contributed by atoms with Gasteiger partial charge < -0.3 is 4.74 Å². The summed E-state index contributed by atoms with van der Waals surface area (Å²) in [5.41, 5.74) is 1.91. The van der Waals surface area contributed by atoms with E-state index in [-0.39, 0.29) is 17.7 Å². The van der Waals surface area contributed by atoms with Crippen LogP contribution in [-0.2, 0) is 16.0 Å². The molecule has 0 amide bonds. The highest BCUT2D eigenvalue weighted by Crippen LogP contribution is 2.44. The van der Waals surface area contributed by atoms with Gasteiger partial charge in [-0.1, -0.05) is 19.6 Å². The van der Waals surface area contributed by atoms with Crippen molar-refractivity contribution in [2.75, 3.05) is 0 Å². The molecule has 20 heavy (non-hydrogen) atoms. The monoisotopic (exact) mass is 276 g/mol. The summed E-state index contributed by atoms with van der Waals surface area (Å²) in [6.07, 6.45) is 2.47. The highest BCUT2D eigenvalue weighted by atomic mass is 19.1. The number of hydrogen-bond acceptors (Lipinski definition) is 2. The number of esters is 1. The van der Waals surface area contributed by atoms with Gasteiger partial charge in [-0.2, -0.15) is 0 Å². The average Bonchev–Trinajstić information content (AvgIpc) is 2.81. The first-order chi connectivity index (χ1) is 9.37. The van der Waals surface area contributed by atoms with Gasteiger partial charge in [0.05, 0.1) is 0 Å². The predicted octanol–water partition coefficient (Wildman–Crippen LogP) is 4.14. The Hall–Kier alpha value is -1.64. The molecule has 0 saturated carbocycles. The van der Waals surface area contributed by atoms with Crippen LogP contribution < -0.4 is 0 Å². The molecule has 0 fully saturated rings. The van der Waals surface area contributed by atoms with E-state index in [4.69, 9.17) is 4.74 Å². The molecule has 0 saturated heterocycles. The molecule has 0 bridgehead atoms. The van der Waals surface area contributed by atoms with Crippen molar-refractivity contribution >= 4 is 5.97 Å². The lowest BCUT2D eigenvalue weighted by Gasteiger charge is -2.35. The van der Waals surface area contributed by atoms with Gasteiger partial charge in [0.1, 0.15) is 11.4 Å². The number of carbonyl (C=O) groups is 1. The SMILES string of the molecule is C=C(C)C(=O)OC(C)(CC)C1CCc2ccc(F)cc21. The number of fused-ring (bicyclic) bond motifs is 1. The fraction of sp³-hybridized carbons (Fsp3) is 0.471. The number of ether oxygens (including phenoxy) is 1. The summed E-state index contributed by atoms with van der Waals surface area (Å²) < 4.78 is 19.2. The number of benzene rings is 1. The Bertz CT molecular complexity index is 550. The van der Waals surface area contributed by atoms with Crippen LogP contribution >= 0.6 is 0 Å². The first-order valence-electron chi connectivity index (χ1n) is 7.04. The van der Waals surface area contributed by atoms with E-state index in [0.29, 0.717) is 12.0 Å². The van der Waals surface area contributed by atoms with E-state index in [1.807, 2.05) is 19.9 Å². The summed E-state index contributed by atoms with van der Waals surface area (Å²) in [6.45, 7) is 9.18. The number of rotatable bonds is 4. The predicted molar refractivity (Wildman–Crippen MR) is 77.1 cm³/mol. The zero-order valence-corrected chi connectivity index (χ0v) is 12.3. The van der Waals surface area contributed by atoms with Gasteiger partial charge in [0.25, 0.3) is 0 Å². The van der Waals surface area contributed by atoms with Crippen molar-refractivity contribution in [2.24, 2.45) is 0 Å². The van der Waals surface area contributed by atoms with Crippen LogP contribution in [0.15, 0.2) is 30.4 Å². The van der Waals surface area contributed by atoms with Gasteiger partial charge in [-0.25, -0.2) is 9.18 Å². The summed E-state index contributed by atoms with van der Waals surface area (Å²) in [5, 5.41) is 0. The lowest BCUT2D eigenvalue weighted by atomic mass is 9.82. The van der Waals surface area contributed by atoms with Crippen molar-refractivity contribution in [3.8, 4) is 0 Å². The van der Waals surface area contributed by atoms with Gasteiger partial charge >= 0.3 is 5.97 Å². The van der Waals surface area contributed by atoms with Crippen molar-refractivity contribution in [3.63, 3.8) is 0 Å². The summed E-state index contributed by atoms with van der Waals surface area (Å²) in [6, 6.07) is 4.90. The first-order valence-corrected chi connectivity index (χ1v) is 7.04. The molecule has 108 valence electrons. The molecule has 1 aliphatic carbocycles. The van der Waals surface area contributed by atoms with E-state index in [1.54, 1.807) is 13.0 Å². The fourth-order valence-corrected chi connectivity index (χ4v) is 2.90. The van der Waals surface area contributed by atoms with Crippen molar-refractivity contribution < 1.29 is 13.9 Å². The van der Waals surface area contributed by atoms with Crippen molar-refractivity contribution in [1.82, 2.24) is 0 Å². The van der Waals surface area contributed by atoms with E-state index in [9.17, 15) is 9.18 Å². The number of hydrogen-bond donors (Lipinski definition) is 0. The van der Waals surface area contributed by atoms with E-state index in [2.05, 4.69) is 6.58 Å². The highest BCUT2D eigenvalue weighted by Gasteiger charge is 2.41. The van der Waals surface area contributed by atoms with Crippen LogP contribution in [0.2, 0.25) is 0 Å². The second kappa shape index (κ2) is 5.39. The van der Waals surface area contributed by atoms with Gasteiger partial charge in [-0.15, -0.1) is 0 Å². The maximum atomic E-state index is 13.5. The summed E-state index contributed by atoms with van der Waals surface area (Å²) >= 11 is 0. The molecule has 0 aliphatic heterocycles. The normalized spacial score (nSPS) is 20.1. The largest absolute Gasteiger partial charge is 0.455 e. The van der Waals surface area contributed by atoms with E-state index >= 15 is 0 Å². The molecule has 0 N–H and O–H groups in total. The first kappa shape index (κ1) is 14.8. The fourth-order valence-electron chi connectivity index (χ4n) is 2.90. The Morgan fingerprint density at radius 2 is 2.25 bits per heavy atom. The number of halogens is 1. The minimum absolute atomic E-state index is 0.0431. The second-order valence-electron chi connectivity index (χ2n) is 5.77. The molecule has 2 rings (SSSR count). The number of carbonyl (C=O) groups excluding carboxylic acids is 1. The van der Waals surface area contributed by atoms with E-state index < -0.39 is 5.60 Å². The van der Waals surface area contributed by atoms with Crippen LogP contribution in [0.3, 0.4) is 0 Å². The smallest absolute Gasteiger partial charge is 0.333 e. The molecule has 3 heteroatoms. The standard InChI is InChI=1S/C17H21FO2/c1-5-17(4,20-16(19)11(2)3)15-9-7-12-6-8-13(18)10-14(12)15/h6,8,10,15H,2,5,7,9H2,1,3-4H3. The molecule has 2 atom stereocenters. The van der Waals surface area contributed by atoms with Crippen LogP contribution in [0.1, 0.15) is 50.7 Å². The maximum Gasteiger partial charge on any atom is 0.333 e. The zero-order chi connectivity index (χ0) is 14.9. The van der Waals surface area contributed by atoms with E-state index in [0.717, 1.165) is 24.0 Å². The minimum Gasteiger partial charge on any atom is -0.455 e.